The molecule has 7 N–H and O–H groups in total. The van der Waals surface area contributed by atoms with Gasteiger partial charge in [0.25, 0.3) is 0 Å². The van der Waals surface area contributed by atoms with Crippen LogP contribution in [0.2, 0.25) is 0 Å². The van der Waals surface area contributed by atoms with E-state index in [1.165, 1.54) is 0 Å². The lowest BCUT2D eigenvalue weighted by molar-refractivity contribution is -0.131. The van der Waals surface area contributed by atoms with Gasteiger partial charge in [-0.15, -0.1) is 0 Å². The Labute approximate surface area is 393 Å². The molecule has 67 heavy (non-hydrogen) atoms. The molecular weight excluding hydrogens is 859 g/mol. The number of amides is 5. The molecule has 0 heterocycles. The summed E-state index contributed by atoms with van der Waals surface area (Å²) >= 11 is 0. The molecule has 0 radical (unpaired) electrons. The van der Waals surface area contributed by atoms with Gasteiger partial charge in [0.05, 0.1) is 40.1 Å². The zero-order valence-corrected chi connectivity index (χ0v) is 39.1. The molecular formula is C51H67N5O11. The number of methoxy groups -OCH3 is 2. The lowest BCUT2D eigenvalue weighted by Gasteiger charge is -2.36. The highest BCUT2D eigenvalue weighted by atomic mass is 16.6. The van der Waals surface area contributed by atoms with Gasteiger partial charge in [0.2, 0.25) is 11.8 Å². The summed E-state index contributed by atoms with van der Waals surface area (Å²) < 4.78 is 28.9. The maximum absolute atomic E-state index is 13.6. The van der Waals surface area contributed by atoms with E-state index in [9.17, 15) is 24.0 Å². The normalized spacial score (nSPS) is 12.1. The number of urea groups is 1. The van der Waals surface area contributed by atoms with Gasteiger partial charge in [-0.25, -0.2) is 9.59 Å². The molecule has 362 valence electrons. The fourth-order valence-electron chi connectivity index (χ4n) is 7.48. The minimum atomic E-state index is -0.982. The number of hydrogen-bond acceptors (Lipinski definition) is 11. The van der Waals surface area contributed by atoms with E-state index in [4.69, 9.17) is 34.5 Å². The maximum Gasteiger partial charge on any atom is 0.407 e. The van der Waals surface area contributed by atoms with Gasteiger partial charge in [0.15, 0.2) is 5.78 Å². The Bertz CT molecular complexity index is 2070. The predicted octanol–water partition coefficient (Wildman–Crippen LogP) is 6.61. The molecule has 4 aromatic rings. The van der Waals surface area contributed by atoms with Crippen LogP contribution in [0.1, 0.15) is 81.0 Å². The second kappa shape index (κ2) is 28.5. The fourth-order valence-corrected chi connectivity index (χ4v) is 7.48. The zero-order chi connectivity index (χ0) is 48.4. The molecule has 0 saturated heterocycles. The van der Waals surface area contributed by atoms with Crippen molar-refractivity contribution in [2.75, 3.05) is 59.1 Å². The third-order valence-electron chi connectivity index (χ3n) is 11.1. The minimum absolute atomic E-state index is 0.0270. The molecule has 16 heteroatoms. The molecule has 0 aliphatic heterocycles. The smallest absolute Gasteiger partial charge is 0.407 e. The van der Waals surface area contributed by atoms with Gasteiger partial charge in [0, 0.05) is 44.1 Å². The van der Waals surface area contributed by atoms with Gasteiger partial charge >= 0.3 is 12.1 Å². The second-order valence-electron chi connectivity index (χ2n) is 16.3. The summed E-state index contributed by atoms with van der Waals surface area (Å²) in [5.74, 6) is -0.454. The number of benzene rings is 4. The number of primary amides is 1. The topological polar surface area (TPSA) is 226 Å². The standard InChI is InChI=1S/C51H67N5O11/c1-36(2)47(56-46(59)15-9-6-10-30-57)45(58)34-38(12-11-28-53-49(52)61)48(60)55-42-22-16-37(17-23-42)35-66-50(62)54-29-31-65-32-33-67-51(39-13-7-5-8-14-39,40-18-24-43(63-3)25-19-40)41-20-26-44(64-4)27-21-41/h5,7-8,13-14,16-27,36,38,47,57H,6,9-12,15,28-35H2,1-4H3,(H,54,62)(H,55,60)(H,56,59)(H3,52,53,61)/t38-,47+/m1/s1. The number of ether oxygens (including phenoxy) is 5. The van der Waals surface area contributed by atoms with E-state index in [0.29, 0.717) is 36.9 Å². The van der Waals surface area contributed by atoms with E-state index in [2.05, 4.69) is 21.3 Å². The molecule has 4 aromatic carbocycles. The van der Waals surface area contributed by atoms with E-state index in [0.717, 1.165) is 28.2 Å². The molecule has 0 bridgehead atoms. The first-order chi connectivity index (χ1) is 32.4. The van der Waals surface area contributed by atoms with Crippen LogP contribution >= 0.6 is 0 Å². The first kappa shape index (κ1) is 53.1. The van der Waals surface area contributed by atoms with Crippen molar-refractivity contribution in [3.63, 3.8) is 0 Å². The largest absolute Gasteiger partial charge is 0.497 e. The molecule has 0 saturated carbocycles. The lowest BCUT2D eigenvalue weighted by atomic mass is 9.80. The van der Waals surface area contributed by atoms with E-state index < -0.39 is 35.6 Å². The summed E-state index contributed by atoms with van der Waals surface area (Å²) in [5, 5.41) is 19.9. The molecule has 5 amide bonds. The Morgan fingerprint density at radius 1 is 0.701 bits per heavy atom. The van der Waals surface area contributed by atoms with Crippen molar-refractivity contribution in [3.8, 4) is 11.5 Å². The average Bonchev–Trinajstić information content (AvgIpc) is 3.34. The first-order valence-corrected chi connectivity index (χ1v) is 22.7. The van der Waals surface area contributed by atoms with E-state index in [1.807, 2.05) is 92.7 Å². The Morgan fingerprint density at radius 2 is 1.33 bits per heavy atom. The van der Waals surface area contributed by atoms with Crippen LogP contribution in [0.15, 0.2) is 103 Å². The summed E-state index contributed by atoms with van der Waals surface area (Å²) in [6, 6.07) is 30.8. The highest BCUT2D eigenvalue weighted by Gasteiger charge is 2.38. The van der Waals surface area contributed by atoms with E-state index in [1.54, 1.807) is 38.5 Å². The maximum atomic E-state index is 13.6. The number of hydrogen-bond donors (Lipinski definition) is 6. The Morgan fingerprint density at radius 3 is 1.91 bits per heavy atom. The van der Waals surface area contributed by atoms with E-state index in [-0.39, 0.29) is 83.0 Å². The van der Waals surface area contributed by atoms with Crippen LogP contribution in [-0.2, 0) is 40.8 Å². The number of rotatable bonds is 30. The van der Waals surface area contributed by atoms with Crippen molar-refractivity contribution in [1.82, 2.24) is 16.0 Å². The summed E-state index contributed by atoms with van der Waals surface area (Å²) in [5.41, 5.74) is 8.09. The van der Waals surface area contributed by atoms with Gasteiger partial charge in [-0.1, -0.05) is 87.0 Å². The van der Waals surface area contributed by atoms with Crippen LogP contribution in [0.5, 0.6) is 11.5 Å². The molecule has 0 aromatic heterocycles. The number of anilines is 1. The number of Topliss-reactive ketones (excluding diaryl/α,β-unsaturated/α-hetero) is 1. The number of aliphatic hydroxyl groups excluding tert-OH is 1. The zero-order valence-electron chi connectivity index (χ0n) is 39.1. The minimum Gasteiger partial charge on any atom is -0.497 e. The van der Waals surface area contributed by atoms with Crippen molar-refractivity contribution in [3.05, 3.63) is 125 Å². The predicted molar refractivity (Wildman–Crippen MR) is 255 cm³/mol. The fraction of sp³-hybridized carbons (Fsp3) is 0.431. The third kappa shape index (κ3) is 17.3. The van der Waals surface area contributed by atoms with Gasteiger partial charge in [-0.2, -0.15) is 0 Å². The van der Waals surface area contributed by atoms with Gasteiger partial charge < -0.3 is 55.8 Å². The van der Waals surface area contributed by atoms with Crippen LogP contribution in [0.25, 0.3) is 0 Å². The molecule has 16 nitrogen and oxygen atoms in total. The quantitative estimate of drug-likeness (QED) is 0.0241. The molecule has 2 atom stereocenters. The first-order valence-electron chi connectivity index (χ1n) is 22.7. The number of alkyl carbamates (subject to hydrolysis) is 1. The van der Waals surface area contributed by atoms with Crippen molar-refractivity contribution in [2.45, 2.75) is 77.0 Å². The molecule has 0 spiro atoms. The van der Waals surface area contributed by atoms with Crippen molar-refractivity contribution in [2.24, 2.45) is 17.6 Å². The molecule has 0 unspecified atom stereocenters. The molecule has 0 fully saturated rings. The molecule has 0 aliphatic carbocycles. The molecule has 0 aliphatic rings. The van der Waals surface area contributed by atoms with Crippen molar-refractivity contribution >= 4 is 35.4 Å². The SMILES string of the molecule is COc1ccc(C(OCCOCCNC(=O)OCc2ccc(NC(=O)[C@H](CCCNC(N)=O)CC(=O)[C@@H](NC(=O)CCCCCO)C(C)C)cc2)(c2ccccc2)c2ccc(OC)cc2)cc1. The van der Waals surface area contributed by atoms with Crippen molar-refractivity contribution in [1.29, 1.82) is 0 Å². The number of ketones is 1. The third-order valence-corrected chi connectivity index (χ3v) is 11.1. The van der Waals surface area contributed by atoms with Crippen LogP contribution in [-0.4, -0.2) is 94.6 Å². The average molecular weight is 926 g/mol. The van der Waals surface area contributed by atoms with Crippen LogP contribution < -0.4 is 36.5 Å². The number of aliphatic hydroxyl groups is 1. The number of nitrogens with two attached hydrogens (primary N) is 1. The van der Waals surface area contributed by atoms with Crippen LogP contribution in [0.4, 0.5) is 15.3 Å². The van der Waals surface area contributed by atoms with Gasteiger partial charge in [0.1, 0.15) is 23.7 Å². The van der Waals surface area contributed by atoms with Crippen LogP contribution in [0.3, 0.4) is 0 Å². The Balaban J connectivity index is 1.26. The van der Waals surface area contributed by atoms with Crippen molar-refractivity contribution < 1.29 is 52.8 Å². The lowest BCUT2D eigenvalue weighted by Crippen LogP contribution is -2.45. The summed E-state index contributed by atoms with van der Waals surface area (Å²) in [4.78, 5) is 63.5. The number of nitrogens with one attached hydrogen (secondary N) is 4. The highest BCUT2D eigenvalue weighted by molar-refractivity contribution is 5.97. The Hall–Kier alpha value is -6.49. The highest BCUT2D eigenvalue weighted by Crippen LogP contribution is 2.41. The monoisotopic (exact) mass is 925 g/mol. The van der Waals surface area contributed by atoms with Gasteiger partial charge in [-0.05, 0) is 90.3 Å². The summed E-state index contributed by atoms with van der Waals surface area (Å²) in [6.07, 6.45) is 2.03. The second-order valence-corrected chi connectivity index (χ2v) is 16.3. The summed E-state index contributed by atoms with van der Waals surface area (Å²) in [7, 11) is 3.25. The number of unbranched alkanes of at least 4 members (excludes halogenated alkanes) is 2. The van der Waals surface area contributed by atoms with Crippen LogP contribution in [0, 0.1) is 11.8 Å². The number of carbonyl (C=O) groups is 5. The Kier molecular flexibility index (Phi) is 22.6. The summed E-state index contributed by atoms with van der Waals surface area (Å²) in [6.45, 7) is 4.79. The van der Waals surface area contributed by atoms with Gasteiger partial charge in [-0.3, -0.25) is 14.4 Å². The molecule has 4 rings (SSSR count). The number of carbonyl (C=O) groups excluding carboxylic acids is 5. The van der Waals surface area contributed by atoms with E-state index >= 15 is 0 Å².